The van der Waals surface area contributed by atoms with E-state index < -0.39 is 0 Å². The van der Waals surface area contributed by atoms with Crippen LogP contribution in [0.3, 0.4) is 0 Å². The highest BCUT2D eigenvalue weighted by molar-refractivity contribution is 5.79. The fourth-order valence-electron chi connectivity index (χ4n) is 2.69. The smallest absolute Gasteiger partial charge is 0.225 e. The summed E-state index contributed by atoms with van der Waals surface area (Å²) in [5.41, 5.74) is 1.24. The van der Waals surface area contributed by atoms with Gasteiger partial charge in [0.25, 0.3) is 0 Å². The molecule has 1 amide bonds. The van der Waals surface area contributed by atoms with Crippen molar-refractivity contribution >= 4 is 11.6 Å². The predicted molar refractivity (Wildman–Crippen MR) is 71.4 cm³/mol. The summed E-state index contributed by atoms with van der Waals surface area (Å²) in [7, 11) is 0. The second kappa shape index (κ2) is 5.01. The zero-order valence-corrected chi connectivity index (χ0v) is 10.6. The minimum Gasteiger partial charge on any atom is -0.368 e. The minimum absolute atomic E-state index is 0.336. The highest BCUT2D eigenvalue weighted by Crippen LogP contribution is 2.28. The van der Waals surface area contributed by atoms with Crippen LogP contribution in [0.1, 0.15) is 19.3 Å². The Morgan fingerprint density at radius 1 is 1.11 bits per heavy atom. The Hall–Kier alpha value is -1.51. The highest BCUT2D eigenvalue weighted by Gasteiger charge is 2.31. The van der Waals surface area contributed by atoms with Gasteiger partial charge in [0.05, 0.1) is 0 Å². The summed E-state index contributed by atoms with van der Waals surface area (Å²) in [5.74, 6) is 0.727. The Morgan fingerprint density at radius 2 is 1.78 bits per heavy atom. The molecule has 1 aromatic rings. The molecule has 1 heterocycles. The molecule has 2 fully saturated rings. The molecule has 0 atom stereocenters. The largest absolute Gasteiger partial charge is 0.368 e. The lowest BCUT2D eigenvalue weighted by Gasteiger charge is -2.39. The van der Waals surface area contributed by atoms with Crippen LogP contribution >= 0.6 is 0 Å². The summed E-state index contributed by atoms with van der Waals surface area (Å²) >= 11 is 0. The van der Waals surface area contributed by atoms with E-state index in [1.807, 2.05) is 12.1 Å². The number of piperazine rings is 1. The zero-order valence-electron chi connectivity index (χ0n) is 10.6. The van der Waals surface area contributed by atoms with Crippen molar-refractivity contribution in [2.75, 3.05) is 31.1 Å². The SMILES string of the molecule is O=C(C1CCC1)N1CCN(c2cc[c]cc2)CC1. The van der Waals surface area contributed by atoms with Gasteiger partial charge in [-0.05, 0) is 31.0 Å². The Balaban J connectivity index is 1.56. The molecule has 3 rings (SSSR count). The van der Waals surface area contributed by atoms with Gasteiger partial charge in [0, 0.05) is 37.8 Å². The van der Waals surface area contributed by atoms with Gasteiger partial charge in [-0.1, -0.05) is 18.6 Å². The van der Waals surface area contributed by atoms with Crippen LogP contribution in [0, 0.1) is 12.0 Å². The molecule has 3 nitrogen and oxygen atoms in total. The van der Waals surface area contributed by atoms with Crippen molar-refractivity contribution in [1.29, 1.82) is 0 Å². The third-order valence-corrected chi connectivity index (χ3v) is 4.11. The maximum absolute atomic E-state index is 12.1. The highest BCUT2D eigenvalue weighted by atomic mass is 16.2. The van der Waals surface area contributed by atoms with Crippen LogP contribution in [0.5, 0.6) is 0 Å². The maximum atomic E-state index is 12.1. The van der Waals surface area contributed by atoms with E-state index in [0.717, 1.165) is 39.0 Å². The van der Waals surface area contributed by atoms with E-state index in [1.165, 1.54) is 12.1 Å². The van der Waals surface area contributed by atoms with Gasteiger partial charge in [0.2, 0.25) is 5.91 Å². The summed E-state index contributed by atoms with van der Waals surface area (Å²) in [6.07, 6.45) is 3.44. The van der Waals surface area contributed by atoms with Crippen LogP contribution in [0.25, 0.3) is 0 Å². The molecule has 1 aromatic carbocycles. The molecule has 0 N–H and O–H groups in total. The van der Waals surface area contributed by atoms with Gasteiger partial charge >= 0.3 is 0 Å². The van der Waals surface area contributed by atoms with Gasteiger partial charge in [-0.15, -0.1) is 0 Å². The van der Waals surface area contributed by atoms with Crippen molar-refractivity contribution in [3.05, 3.63) is 30.3 Å². The number of carbonyl (C=O) groups excluding carboxylic acids is 1. The molecule has 0 spiro atoms. The van der Waals surface area contributed by atoms with E-state index >= 15 is 0 Å². The maximum Gasteiger partial charge on any atom is 0.225 e. The molecule has 1 aliphatic carbocycles. The number of anilines is 1. The first-order chi connectivity index (χ1) is 8.84. The molecule has 0 aromatic heterocycles. The van der Waals surface area contributed by atoms with Crippen molar-refractivity contribution in [2.45, 2.75) is 19.3 Å². The molecule has 18 heavy (non-hydrogen) atoms. The minimum atomic E-state index is 0.336. The summed E-state index contributed by atoms with van der Waals surface area (Å²) < 4.78 is 0. The van der Waals surface area contributed by atoms with Crippen molar-refractivity contribution in [1.82, 2.24) is 4.90 Å². The second-order valence-electron chi connectivity index (χ2n) is 5.20. The van der Waals surface area contributed by atoms with Crippen LogP contribution in [0.2, 0.25) is 0 Å². The van der Waals surface area contributed by atoms with E-state index in [-0.39, 0.29) is 0 Å². The number of hydrogen-bond acceptors (Lipinski definition) is 2. The molecule has 1 saturated carbocycles. The lowest BCUT2D eigenvalue weighted by Crippen LogP contribution is -2.51. The Morgan fingerprint density at radius 3 is 2.33 bits per heavy atom. The fraction of sp³-hybridized carbons (Fsp3) is 0.533. The quantitative estimate of drug-likeness (QED) is 0.792. The van der Waals surface area contributed by atoms with E-state index in [2.05, 4.69) is 28.0 Å². The number of hydrogen-bond donors (Lipinski definition) is 0. The lowest BCUT2D eigenvalue weighted by molar-refractivity contribution is -0.138. The molecule has 1 aliphatic heterocycles. The summed E-state index contributed by atoms with van der Waals surface area (Å²) in [6.45, 7) is 3.63. The average Bonchev–Trinajstić information content (AvgIpc) is 2.38. The number of rotatable bonds is 2. The summed E-state index contributed by atoms with van der Waals surface area (Å²) in [6, 6.07) is 11.1. The van der Waals surface area contributed by atoms with Gasteiger partial charge in [-0.25, -0.2) is 0 Å². The van der Waals surface area contributed by atoms with Crippen LogP contribution in [0.15, 0.2) is 24.3 Å². The first kappa shape index (κ1) is 11.6. The van der Waals surface area contributed by atoms with Crippen molar-refractivity contribution in [3.63, 3.8) is 0 Å². The number of nitrogens with zero attached hydrogens (tertiary/aromatic N) is 2. The van der Waals surface area contributed by atoms with Crippen LogP contribution in [-0.2, 0) is 4.79 Å². The van der Waals surface area contributed by atoms with E-state index in [4.69, 9.17) is 0 Å². The third kappa shape index (κ3) is 2.22. The molecule has 1 saturated heterocycles. The normalized spacial score (nSPS) is 20.7. The standard InChI is InChI=1S/C15H19N2O/c18-15(13-5-4-6-13)17-11-9-16(10-12-17)14-7-2-1-3-8-14/h2-3,7-8,13H,4-6,9-12H2. The van der Waals surface area contributed by atoms with Gasteiger partial charge in [-0.2, -0.15) is 0 Å². The molecular formula is C15H19N2O. The second-order valence-corrected chi connectivity index (χ2v) is 5.20. The third-order valence-electron chi connectivity index (χ3n) is 4.11. The average molecular weight is 243 g/mol. The molecule has 0 bridgehead atoms. The summed E-state index contributed by atoms with van der Waals surface area (Å²) in [5, 5.41) is 0. The number of benzene rings is 1. The van der Waals surface area contributed by atoms with Gasteiger partial charge in [0.15, 0.2) is 0 Å². The fourth-order valence-corrected chi connectivity index (χ4v) is 2.69. The van der Waals surface area contributed by atoms with Crippen LogP contribution in [-0.4, -0.2) is 37.0 Å². The molecular weight excluding hydrogens is 224 g/mol. The predicted octanol–water partition coefficient (Wildman–Crippen LogP) is 1.94. The van der Waals surface area contributed by atoms with Crippen molar-refractivity contribution in [3.8, 4) is 0 Å². The van der Waals surface area contributed by atoms with Crippen molar-refractivity contribution in [2.24, 2.45) is 5.92 Å². The number of carbonyl (C=O) groups is 1. The Kier molecular flexibility index (Phi) is 3.22. The molecule has 2 aliphatic rings. The molecule has 0 unspecified atom stereocenters. The van der Waals surface area contributed by atoms with Gasteiger partial charge < -0.3 is 9.80 Å². The van der Waals surface area contributed by atoms with E-state index in [0.29, 0.717) is 11.8 Å². The first-order valence-electron chi connectivity index (χ1n) is 6.84. The van der Waals surface area contributed by atoms with Crippen LogP contribution < -0.4 is 4.90 Å². The van der Waals surface area contributed by atoms with Gasteiger partial charge in [0.1, 0.15) is 0 Å². The summed E-state index contributed by atoms with van der Waals surface area (Å²) in [4.78, 5) is 16.5. The van der Waals surface area contributed by atoms with E-state index in [9.17, 15) is 4.79 Å². The Labute approximate surface area is 108 Å². The molecule has 1 radical (unpaired) electrons. The molecule has 3 heteroatoms. The van der Waals surface area contributed by atoms with Gasteiger partial charge in [-0.3, -0.25) is 4.79 Å². The van der Waals surface area contributed by atoms with Crippen molar-refractivity contribution < 1.29 is 4.79 Å². The first-order valence-corrected chi connectivity index (χ1v) is 6.84. The number of amides is 1. The van der Waals surface area contributed by atoms with Crippen LogP contribution in [0.4, 0.5) is 5.69 Å². The topological polar surface area (TPSA) is 23.6 Å². The molecule has 95 valence electrons. The zero-order chi connectivity index (χ0) is 12.4. The Bertz CT molecular complexity index is 406. The lowest BCUT2D eigenvalue weighted by atomic mass is 9.84. The monoisotopic (exact) mass is 243 g/mol. The van der Waals surface area contributed by atoms with E-state index in [1.54, 1.807) is 0 Å².